The number of hydrogen-bond donors (Lipinski definition) is 3. The molecule has 1 aromatic heterocycles. The molecule has 0 saturated heterocycles. The van der Waals surface area contributed by atoms with E-state index in [9.17, 15) is 9.90 Å². The highest BCUT2D eigenvalue weighted by Gasteiger charge is 2.21. The molecule has 1 aliphatic carbocycles. The summed E-state index contributed by atoms with van der Waals surface area (Å²) in [4.78, 5) is 10.9. The van der Waals surface area contributed by atoms with Gasteiger partial charge in [-0.25, -0.2) is 0 Å². The number of phenols is 1. The van der Waals surface area contributed by atoms with Gasteiger partial charge in [-0.1, -0.05) is 6.07 Å². The first-order valence-corrected chi connectivity index (χ1v) is 7.01. The number of nitrogens with zero attached hydrogens (tertiary/aromatic N) is 2. The fraction of sp³-hybridized carbons (Fsp3) is 0.333. The topological polar surface area (TPSA) is 93.2 Å². The molecule has 0 radical (unpaired) electrons. The minimum atomic E-state index is -0.419. The van der Waals surface area contributed by atoms with Gasteiger partial charge in [0.1, 0.15) is 12.3 Å². The van der Waals surface area contributed by atoms with Crippen molar-refractivity contribution in [3.63, 3.8) is 0 Å². The summed E-state index contributed by atoms with van der Waals surface area (Å²) in [6.07, 6.45) is 6.58. The number of nitrogens with one attached hydrogen (secondary N) is 1. The van der Waals surface area contributed by atoms with Crippen molar-refractivity contribution < 1.29 is 9.90 Å². The molecule has 0 saturated carbocycles. The Morgan fingerprint density at radius 2 is 2.38 bits per heavy atom. The van der Waals surface area contributed by atoms with Crippen LogP contribution in [0, 0.1) is 0 Å². The molecule has 110 valence electrons. The molecule has 0 aliphatic heterocycles. The molecule has 1 atom stereocenters. The summed E-state index contributed by atoms with van der Waals surface area (Å²) in [5.41, 5.74) is 8.39. The van der Waals surface area contributed by atoms with Crippen LogP contribution in [0.15, 0.2) is 30.6 Å². The minimum Gasteiger partial charge on any atom is -0.508 e. The van der Waals surface area contributed by atoms with Crippen molar-refractivity contribution in [3.8, 4) is 5.75 Å². The van der Waals surface area contributed by atoms with Crippen LogP contribution < -0.4 is 11.1 Å². The SMILES string of the molecule is NC(=O)Cn1cc(NC2CCCc3ccc(O)cc32)cn1. The third-order valence-electron chi connectivity index (χ3n) is 3.74. The number of aromatic hydroxyl groups is 1. The molecule has 4 N–H and O–H groups in total. The van der Waals surface area contributed by atoms with Gasteiger partial charge in [0.15, 0.2) is 0 Å². The number of carbonyl (C=O) groups is 1. The highest BCUT2D eigenvalue weighted by Crippen LogP contribution is 2.34. The molecule has 0 fully saturated rings. The summed E-state index contributed by atoms with van der Waals surface area (Å²) < 4.78 is 1.51. The van der Waals surface area contributed by atoms with Crippen LogP contribution in [0.25, 0.3) is 0 Å². The summed E-state index contributed by atoms with van der Waals surface area (Å²) in [5.74, 6) is -0.135. The van der Waals surface area contributed by atoms with E-state index >= 15 is 0 Å². The standard InChI is InChI=1S/C15H18N4O2/c16-15(21)9-19-8-11(7-17-19)18-14-3-1-2-10-4-5-12(20)6-13(10)14/h4-8,14,18,20H,1-3,9H2,(H2,16,21). The number of carbonyl (C=O) groups excluding carboxylic acids is 1. The highest BCUT2D eigenvalue weighted by atomic mass is 16.3. The van der Waals surface area contributed by atoms with Gasteiger partial charge in [-0.05, 0) is 42.5 Å². The van der Waals surface area contributed by atoms with Crippen molar-refractivity contribution in [3.05, 3.63) is 41.7 Å². The Morgan fingerprint density at radius 1 is 1.52 bits per heavy atom. The van der Waals surface area contributed by atoms with Gasteiger partial charge in [0.25, 0.3) is 0 Å². The lowest BCUT2D eigenvalue weighted by Gasteiger charge is -2.26. The molecule has 6 heteroatoms. The number of benzene rings is 1. The fourth-order valence-electron chi connectivity index (χ4n) is 2.82. The number of hydrogen-bond acceptors (Lipinski definition) is 4. The summed E-state index contributed by atoms with van der Waals surface area (Å²) >= 11 is 0. The van der Waals surface area contributed by atoms with E-state index in [0.717, 1.165) is 30.5 Å². The van der Waals surface area contributed by atoms with Crippen molar-refractivity contribution in [2.75, 3.05) is 5.32 Å². The van der Waals surface area contributed by atoms with E-state index in [1.807, 2.05) is 12.1 Å². The molecule has 0 spiro atoms. The van der Waals surface area contributed by atoms with E-state index < -0.39 is 5.91 Å². The van der Waals surface area contributed by atoms with E-state index in [1.165, 1.54) is 10.2 Å². The van der Waals surface area contributed by atoms with Gasteiger partial charge in [-0.2, -0.15) is 5.10 Å². The number of primary amides is 1. The fourth-order valence-corrected chi connectivity index (χ4v) is 2.82. The van der Waals surface area contributed by atoms with Crippen molar-refractivity contribution >= 4 is 11.6 Å². The maximum atomic E-state index is 10.9. The summed E-state index contributed by atoms with van der Waals surface area (Å²) in [6, 6.07) is 5.67. The van der Waals surface area contributed by atoms with Crippen molar-refractivity contribution in [2.24, 2.45) is 5.73 Å². The molecular formula is C15H18N4O2. The second kappa shape index (κ2) is 5.47. The number of nitrogens with two attached hydrogens (primary N) is 1. The summed E-state index contributed by atoms with van der Waals surface area (Å²) in [5, 5.41) is 17.2. The van der Waals surface area contributed by atoms with E-state index in [2.05, 4.69) is 10.4 Å². The van der Waals surface area contributed by atoms with Crippen LogP contribution in [-0.4, -0.2) is 20.8 Å². The molecule has 3 rings (SSSR count). The Kier molecular flexibility index (Phi) is 3.51. The van der Waals surface area contributed by atoms with E-state index in [-0.39, 0.29) is 18.3 Å². The molecule has 1 aliphatic rings. The molecule has 1 aromatic carbocycles. The number of fused-ring (bicyclic) bond motifs is 1. The van der Waals surface area contributed by atoms with Crippen LogP contribution in [0.1, 0.15) is 30.0 Å². The van der Waals surface area contributed by atoms with Crippen LogP contribution in [0.3, 0.4) is 0 Å². The second-order valence-corrected chi connectivity index (χ2v) is 5.37. The largest absolute Gasteiger partial charge is 0.508 e. The zero-order valence-electron chi connectivity index (χ0n) is 11.6. The lowest BCUT2D eigenvalue weighted by molar-refractivity contribution is -0.118. The lowest BCUT2D eigenvalue weighted by Crippen LogP contribution is -2.19. The third-order valence-corrected chi connectivity index (χ3v) is 3.74. The molecule has 2 aromatic rings. The van der Waals surface area contributed by atoms with Crippen LogP contribution in [0.2, 0.25) is 0 Å². The zero-order valence-corrected chi connectivity index (χ0v) is 11.6. The first-order chi connectivity index (χ1) is 10.1. The molecule has 1 unspecified atom stereocenters. The monoisotopic (exact) mass is 286 g/mol. The van der Waals surface area contributed by atoms with Gasteiger partial charge in [0, 0.05) is 6.20 Å². The van der Waals surface area contributed by atoms with E-state index in [1.54, 1.807) is 18.5 Å². The number of aromatic nitrogens is 2. The predicted octanol–water partition coefficient (Wildman–Crippen LogP) is 1.56. The highest BCUT2D eigenvalue weighted by molar-refractivity contribution is 5.73. The Hall–Kier alpha value is -2.50. The van der Waals surface area contributed by atoms with Gasteiger partial charge in [0.05, 0.1) is 17.9 Å². The Balaban J connectivity index is 1.78. The zero-order chi connectivity index (χ0) is 14.8. The second-order valence-electron chi connectivity index (χ2n) is 5.37. The summed E-state index contributed by atoms with van der Waals surface area (Å²) in [7, 11) is 0. The Morgan fingerprint density at radius 3 is 3.19 bits per heavy atom. The summed E-state index contributed by atoms with van der Waals surface area (Å²) in [6.45, 7) is 0.0731. The number of rotatable bonds is 4. The molecular weight excluding hydrogens is 268 g/mol. The van der Waals surface area contributed by atoms with Gasteiger partial charge in [-0.3, -0.25) is 9.48 Å². The average molecular weight is 286 g/mol. The predicted molar refractivity (Wildman–Crippen MR) is 78.8 cm³/mol. The quantitative estimate of drug-likeness (QED) is 0.795. The smallest absolute Gasteiger partial charge is 0.239 e. The van der Waals surface area contributed by atoms with Crippen LogP contribution in [0.5, 0.6) is 5.75 Å². The third kappa shape index (κ3) is 2.99. The van der Waals surface area contributed by atoms with Crippen molar-refractivity contribution in [1.82, 2.24) is 9.78 Å². The van der Waals surface area contributed by atoms with Crippen molar-refractivity contribution in [2.45, 2.75) is 31.8 Å². The molecule has 6 nitrogen and oxygen atoms in total. The molecule has 0 bridgehead atoms. The number of amides is 1. The van der Waals surface area contributed by atoms with Crippen LogP contribution in [-0.2, 0) is 17.8 Å². The van der Waals surface area contributed by atoms with Crippen molar-refractivity contribution in [1.29, 1.82) is 0 Å². The number of aryl methyl sites for hydroxylation is 1. The number of phenolic OH excluding ortho intramolecular Hbond substituents is 1. The average Bonchev–Trinajstić information content (AvgIpc) is 2.86. The Labute approximate surface area is 122 Å². The first kappa shape index (κ1) is 13.5. The van der Waals surface area contributed by atoms with Gasteiger partial charge in [0.2, 0.25) is 5.91 Å². The van der Waals surface area contributed by atoms with Crippen LogP contribution in [0.4, 0.5) is 5.69 Å². The van der Waals surface area contributed by atoms with Crippen LogP contribution >= 0.6 is 0 Å². The Bertz CT molecular complexity index is 665. The first-order valence-electron chi connectivity index (χ1n) is 7.01. The lowest BCUT2D eigenvalue weighted by atomic mass is 9.87. The molecule has 21 heavy (non-hydrogen) atoms. The normalized spacial score (nSPS) is 17.2. The molecule has 1 amide bonds. The van der Waals surface area contributed by atoms with E-state index in [0.29, 0.717) is 0 Å². The molecule has 1 heterocycles. The maximum absolute atomic E-state index is 10.9. The van der Waals surface area contributed by atoms with E-state index in [4.69, 9.17) is 5.73 Å². The van der Waals surface area contributed by atoms with Gasteiger partial charge < -0.3 is 16.2 Å². The number of anilines is 1. The maximum Gasteiger partial charge on any atom is 0.239 e. The minimum absolute atomic E-state index is 0.0731. The van der Waals surface area contributed by atoms with Gasteiger partial charge in [-0.15, -0.1) is 0 Å². The van der Waals surface area contributed by atoms with Gasteiger partial charge >= 0.3 is 0 Å².